The molecule has 0 saturated carbocycles. The topological polar surface area (TPSA) is 93.1 Å². The highest BCUT2D eigenvalue weighted by atomic mass is 35.5. The third-order valence-electron chi connectivity index (χ3n) is 1.57. The first kappa shape index (κ1) is 13.1. The van der Waals surface area contributed by atoms with Crippen LogP contribution in [0.25, 0.3) is 0 Å². The second kappa shape index (κ2) is 5.95. The van der Waals surface area contributed by atoms with Crippen molar-refractivity contribution in [3.63, 3.8) is 0 Å². The third-order valence-corrected chi connectivity index (χ3v) is 1.79. The molecule has 0 radical (unpaired) electrons. The van der Waals surface area contributed by atoms with E-state index in [2.05, 4.69) is 0 Å². The van der Waals surface area contributed by atoms with Gasteiger partial charge in [-0.25, -0.2) is 9.59 Å². The van der Waals surface area contributed by atoms with Crippen LogP contribution in [0, 0.1) is 0 Å². The maximum atomic E-state index is 10.3. The van der Waals surface area contributed by atoms with E-state index in [0.717, 1.165) is 0 Å². The summed E-state index contributed by atoms with van der Waals surface area (Å²) >= 11 is 5.73. The molecule has 0 fully saturated rings. The lowest BCUT2D eigenvalue weighted by molar-refractivity contribution is -0.140. The molecule has 92 valence electrons. The molecule has 0 saturated heterocycles. The Morgan fingerprint density at radius 2 is 1.41 bits per heavy atom. The van der Waals surface area contributed by atoms with E-state index in [1.54, 1.807) is 0 Å². The number of hydrogen-bond donors (Lipinski definition) is 2. The van der Waals surface area contributed by atoms with Gasteiger partial charge in [-0.3, -0.25) is 0 Å². The van der Waals surface area contributed by atoms with E-state index in [-0.39, 0.29) is 16.5 Å². The largest absolute Gasteiger partial charge is 0.482 e. The molecule has 0 bridgehead atoms. The van der Waals surface area contributed by atoms with Gasteiger partial charge in [0.2, 0.25) is 0 Å². The Hall–Kier alpha value is -1.95. The summed E-state index contributed by atoms with van der Waals surface area (Å²) in [4.78, 5) is 20.6. The van der Waals surface area contributed by atoms with Crippen LogP contribution in [0.15, 0.2) is 18.2 Å². The van der Waals surface area contributed by atoms with Gasteiger partial charge >= 0.3 is 11.9 Å². The average Bonchev–Trinajstić information content (AvgIpc) is 2.23. The monoisotopic (exact) mass is 260 g/mol. The molecule has 0 unspecified atom stereocenters. The van der Waals surface area contributed by atoms with Crippen molar-refractivity contribution in [2.45, 2.75) is 0 Å². The highest BCUT2D eigenvalue weighted by molar-refractivity contribution is 6.30. The zero-order valence-corrected chi connectivity index (χ0v) is 9.31. The molecule has 7 heteroatoms. The van der Waals surface area contributed by atoms with E-state index in [9.17, 15) is 9.59 Å². The van der Waals surface area contributed by atoms with Crippen LogP contribution < -0.4 is 9.47 Å². The van der Waals surface area contributed by atoms with E-state index in [1.807, 2.05) is 0 Å². The second-order valence-electron chi connectivity index (χ2n) is 2.99. The Morgan fingerprint density at radius 3 is 1.76 bits per heavy atom. The number of benzene rings is 1. The van der Waals surface area contributed by atoms with Crippen LogP contribution in [0.1, 0.15) is 0 Å². The van der Waals surface area contributed by atoms with Crippen molar-refractivity contribution in [3.8, 4) is 11.5 Å². The summed E-state index contributed by atoms with van der Waals surface area (Å²) in [5.41, 5.74) is 0. The number of halogens is 1. The number of carboxylic acids is 2. The molecule has 2 N–H and O–H groups in total. The molecular formula is C10H9ClO6. The molecule has 1 aromatic carbocycles. The lowest BCUT2D eigenvalue weighted by Crippen LogP contribution is -2.11. The summed E-state index contributed by atoms with van der Waals surface area (Å²) < 4.78 is 9.77. The predicted molar refractivity (Wildman–Crippen MR) is 57.7 cm³/mol. The molecule has 0 aliphatic rings. The maximum absolute atomic E-state index is 10.3. The first-order valence-corrected chi connectivity index (χ1v) is 4.85. The van der Waals surface area contributed by atoms with Gasteiger partial charge in [0.05, 0.1) is 0 Å². The normalized spacial score (nSPS) is 9.71. The zero-order valence-electron chi connectivity index (χ0n) is 8.55. The average molecular weight is 261 g/mol. The second-order valence-corrected chi connectivity index (χ2v) is 3.42. The molecule has 0 aliphatic carbocycles. The number of carboxylic acid groups (broad SMARTS) is 2. The van der Waals surface area contributed by atoms with Gasteiger partial charge in [-0.15, -0.1) is 0 Å². The van der Waals surface area contributed by atoms with Crippen molar-refractivity contribution in [2.24, 2.45) is 0 Å². The summed E-state index contributed by atoms with van der Waals surface area (Å²) in [6.07, 6.45) is 0. The fraction of sp³-hybridized carbons (Fsp3) is 0.200. The lowest BCUT2D eigenvalue weighted by atomic mass is 10.3. The van der Waals surface area contributed by atoms with Crippen molar-refractivity contribution in [3.05, 3.63) is 23.2 Å². The summed E-state index contributed by atoms with van der Waals surface area (Å²) in [5, 5.41) is 17.1. The van der Waals surface area contributed by atoms with Crippen molar-refractivity contribution in [2.75, 3.05) is 13.2 Å². The molecule has 1 rings (SSSR count). The van der Waals surface area contributed by atoms with E-state index >= 15 is 0 Å². The number of ether oxygens (including phenoxy) is 2. The molecule has 0 amide bonds. The smallest absolute Gasteiger partial charge is 0.341 e. The van der Waals surface area contributed by atoms with Crippen molar-refractivity contribution in [1.29, 1.82) is 0 Å². The van der Waals surface area contributed by atoms with E-state index in [0.29, 0.717) is 0 Å². The fourth-order valence-corrected chi connectivity index (χ4v) is 1.21. The van der Waals surface area contributed by atoms with Crippen LogP contribution >= 0.6 is 11.6 Å². The number of carbonyl (C=O) groups is 2. The molecule has 0 atom stereocenters. The Bertz CT molecular complexity index is 395. The molecule has 17 heavy (non-hydrogen) atoms. The van der Waals surface area contributed by atoms with Crippen molar-refractivity contribution >= 4 is 23.5 Å². The maximum Gasteiger partial charge on any atom is 0.341 e. The van der Waals surface area contributed by atoms with Crippen LogP contribution in [-0.4, -0.2) is 35.4 Å². The van der Waals surface area contributed by atoms with Gasteiger partial charge in [0, 0.05) is 11.1 Å². The highest BCUT2D eigenvalue weighted by Gasteiger charge is 2.05. The van der Waals surface area contributed by atoms with E-state index in [1.165, 1.54) is 18.2 Å². The summed E-state index contributed by atoms with van der Waals surface area (Å²) in [6.45, 7) is -1.03. The quantitative estimate of drug-likeness (QED) is 0.800. The molecule has 0 spiro atoms. The van der Waals surface area contributed by atoms with Gasteiger partial charge in [-0.05, 0) is 12.1 Å². The Morgan fingerprint density at radius 1 is 1.00 bits per heavy atom. The molecule has 0 aliphatic heterocycles. The van der Waals surface area contributed by atoms with Gasteiger partial charge in [0.15, 0.2) is 13.2 Å². The first-order chi connectivity index (χ1) is 7.97. The molecule has 1 aromatic rings. The lowest BCUT2D eigenvalue weighted by Gasteiger charge is -2.07. The van der Waals surface area contributed by atoms with Gasteiger partial charge in [0.1, 0.15) is 11.5 Å². The fourth-order valence-electron chi connectivity index (χ4n) is 0.994. The minimum absolute atomic E-state index is 0.195. The molecular weight excluding hydrogens is 252 g/mol. The van der Waals surface area contributed by atoms with Crippen molar-refractivity contribution < 1.29 is 29.3 Å². The van der Waals surface area contributed by atoms with Gasteiger partial charge in [-0.2, -0.15) is 0 Å². The highest BCUT2D eigenvalue weighted by Crippen LogP contribution is 2.26. The zero-order chi connectivity index (χ0) is 12.8. The van der Waals surface area contributed by atoms with Crippen LogP contribution in [0.4, 0.5) is 0 Å². The van der Waals surface area contributed by atoms with Crippen molar-refractivity contribution in [1.82, 2.24) is 0 Å². The van der Waals surface area contributed by atoms with E-state index < -0.39 is 25.2 Å². The summed E-state index contributed by atoms with van der Waals surface area (Å²) in [5.74, 6) is -1.86. The van der Waals surface area contributed by atoms with E-state index in [4.69, 9.17) is 31.3 Å². The third kappa shape index (κ3) is 5.07. The summed E-state index contributed by atoms with van der Waals surface area (Å²) in [7, 11) is 0. The Kier molecular flexibility index (Phi) is 4.59. The molecule has 6 nitrogen and oxygen atoms in total. The van der Waals surface area contributed by atoms with Crippen LogP contribution in [-0.2, 0) is 9.59 Å². The minimum atomic E-state index is -1.13. The summed E-state index contributed by atoms with van der Waals surface area (Å²) in [6, 6.07) is 4.16. The Balaban J connectivity index is 2.71. The molecule has 0 heterocycles. The van der Waals surface area contributed by atoms with Crippen LogP contribution in [0.2, 0.25) is 5.02 Å². The predicted octanol–water partition coefficient (Wildman–Crippen LogP) is 1.27. The number of rotatable bonds is 6. The van der Waals surface area contributed by atoms with Gasteiger partial charge in [-0.1, -0.05) is 11.6 Å². The van der Waals surface area contributed by atoms with Crippen LogP contribution in [0.3, 0.4) is 0 Å². The SMILES string of the molecule is O=C(O)COc1cc(Cl)cc(OCC(=O)O)c1. The van der Waals surface area contributed by atoms with Gasteiger partial charge < -0.3 is 19.7 Å². The standard InChI is InChI=1S/C10H9ClO6/c11-6-1-7(16-4-9(12)13)3-8(2-6)17-5-10(14)15/h1-3H,4-5H2,(H,12,13)(H,14,15). The molecule has 0 aromatic heterocycles. The van der Waals surface area contributed by atoms with Crippen LogP contribution in [0.5, 0.6) is 11.5 Å². The number of aliphatic carboxylic acids is 2. The van der Waals surface area contributed by atoms with Gasteiger partial charge in [0.25, 0.3) is 0 Å². The number of hydrogen-bond acceptors (Lipinski definition) is 4. The first-order valence-electron chi connectivity index (χ1n) is 4.47. The minimum Gasteiger partial charge on any atom is -0.482 e. The Labute approximate surface area is 101 Å².